The molecule has 0 saturated carbocycles. The van der Waals surface area contributed by atoms with Gasteiger partial charge < -0.3 is 4.90 Å². The van der Waals surface area contributed by atoms with Gasteiger partial charge in [-0.3, -0.25) is 4.79 Å². The zero-order chi connectivity index (χ0) is 25.4. The number of anilines is 1. The van der Waals surface area contributed by atoms with Crippen LogP contribution in [0, 0.1) is 11.3 Å². The highest BCUT2D eigenvalue weighted by molar-refractivity contribution is 6.33. The zero-order valence-corrected chi connectivity index (χ0v) is 20.4. The topological polar surface area (TPSA) is 69.3 Å². The number of para-hydroxylation sites is 1. The van der Waals surface area contributed by atoms with Crippen LogP contribution in [0.3, 0.4) is 0 Å². The molecule has 2 heterocycles. The first kappa shape index (κ1) is 22.7. The minimum absolute atomic E-state index is 0.364. The molecule has 0 spiro atoms. The second-order valence-corrected chi connectivity index (χ2v) is 9.10. The third kappa shape index (κ3) is 4.14. The molecule has 1 aliphatic heterocycles. The minimum Gasteiger partial charge on any atom is -0.321 e. The van der Waals surface area contributed by atoms with E-state index in [0.29, 0.717) is 39.7 Å². The van der Waals surface area contributed by atoms with Gasteiger partial charge >= 0.3 is 0 Å². The van der Waals surface area contributed by atoms with Crippen LogP contribution in [-0.2, 0) is 6.54 Å². The average Bonchev–Trinajstić information content (AvgIpc) is 3.31. The number of hydrogen-bond acceptors (Lipinski definition) is 3. The Balaban J connectivity index is 1.50. The van der Waals surface area contributed by atoms with Crippen molar-refractivity contribution in [2.24, 2.45) is 4.99 Å². The average molecular weight is 499 g/mol. The predicted molar refractivity (Wildman–Crippen MR) is 147 cm³/mol. The lowest BCUT2D eigenvalue weighted by atomic mass is 10.0. The number of hydrogen-bond donors (Lipinski definition) is 0. The molecule has 4 aromatic carbocycles. The van der Waals surface area contributed by atoms with E-state index in [-0.39, 0.29) is 5.91 Å². The maximum absolute atomic E-state index is 13.9. The Morgan fingerprint density at radius 2 is 1.59 bits per heavy atom. The minimum atomic E-state index is -0.364. The summed E-state index contributed by atoms with van der Waals surface area (Å²) in [5.74, 6) is 0.211. The van der Waals surface area contributed by atoms with Gasteiger partial charge in [0.1, 0.15) is 5.84 Å². The Labute approximate surface area is 218 Å². The molecule has 0 radical (unpaired) electrons. The highest BCUT2D eigenvalue weighted by Crippen LogP contribution is 2.32. The number of rotatable bonds is 3. The van der Waals surface area contributed by atoms with Crippen molar-refractivity contribution in [2.75, 3.05) is 4.90 Å². The number of carbonyl (C=O) groups is 1. The number of halogens is 1. The lowest BCUT2D eigenvalue weighted by Crippen LogP contribution is -2.25. The molecule has 6 rings (SSSR count). The normalized spacial score (nSPS) is 13.5. The van der Waals surface area contributed by atoms with Crippen molar-refractivity contribution in [3.05, 3.63) is 130 Å². The van der Waals surface area contributed by atoms with Gasteiger partial charge in [0.2, 0.25) is 0 Å². The Morgan fingerprint density at radius 3 is 2.38 bits per heavy atom. The molecular formula is C31H19ClN4O. The van der Waals surface area contributed by atoms with Gasteiger partial charge in [0.05, 0.1) is 35.0 Å². The van der Waals surface area contributed by atoms with Gasteiger partial charge in [-0.2, -0.15) is 10.3 Å². The molecule has 6 heteroatoms. The summed E-state index contributed by atoms with van der Waals surface area (Å²) < 4.78 is 0. The van der Waals surface area contributed by atoms with Crippen LogP contribution >= 0.6 is 11.6 Å². The Hall–Kier alpha value is -4.79. The highest BCUT2D eigenvalue weighted by Gasteiger charge is 2.28. The summed E-state index contributed by atoms with van der Waals surface area (Å²) in [6, 6.07) is 34.1. The number of carbonyl (C=O) groups excluding carboxylic acids is 1. The first-order valence-corrected chi connectivity index (χ1v) is 12.1. The molecule has 5 aromatic rings. The van der Waals surface area contributed by atoms with Crippen molar-refractivity contribution in [2.45, 2.75) is 6.54 Å². The molecular weight excluding hydrogens is 480 g/mol. The molecule has 1 aromatic heterocycles. The second kappa shape index (κ2) is 9.34. The monoisotopic (exact) mass is 498 g/mol. The van der Waals surface area contributed by atoms with Gasteiger partial charge in [0.25, 0.3) is 5.91 Å². The summed E-state index contributed by atoms with van der Waals surface area (Å²) >= 11 is 6.46. The van der Waals surface area contributed by atoms with E-state index >= 15 is 0 Å². The van der Waals surface area contributed by atoms with Crippen LogP contribution in [0.2, 0.25) is 5.02 Å². The quantitative estimate of drug-likeness (QED) is 0.267. The molecule has 0 atom stereocenters. The van der Waals surface area contributed by atoms with Crippen LogP contribution in [0.25, 0.3) is 22.2 Å². The first-order chi connectivity index (χ1) is 18.1. The summed E-state index contributed by atoms with van der Waals surface area (Å²) in [6.45, 7) is 0.580. The lowest BCUT2D eigenvalue weighted by molar-refractivity contribution is 0.100. The van der Waals surface area contributed by atoms with E-state index in [1.807, 2.05) is 83.8 Å². The van der Waals surface area contributed by atoms with Gasteiger partial charge in [0.15, 0.2) is 0 Å². The fourth-order valence-electron chi connectivity index (χ4n) is 4.63. The van der Waals surface area contributed by atoms with Crippen LogP contribution < -0.4 is 4.90 Å². The molecule has 1 aliphatic rings. The largest absolute Gasteiger partial charge is 0.321 e. The molecule has 37 heavy (non-hydrogen) atoms. The van der Waals surface area contributed by atoms with E-state index in [4.69, 9.17) is 16.6 Å². The smallest absolute Gasteiger partial charge is 0.279 e. The number of pyridine rings is 1. The lowest BCUT2D eigenvalue weighted by Gasteiger charge is -2.19. The molecule has 5 nitrogen and oxygen atoms in total. The summed E-state index contributed by atoms with van der Waals surface area (Å²) in [5, 5.41) is 10.5. The van der Waals surface area contributed by atoms with E-state index in [9.17, 15) is 10.1 Å². The maximum atomic E-state index is 13.9. The van der Waals surface area contributed by atoms with Gasteiger partial charge in [-0.25, -0.2) is 4.98 Å². The van der Waals surface area contributed by atoms with Crippen LogP contribution in [0.1, 0.15) is 27.0 Å². The molecule has 0 fully saturated rings. The van der Waals surface area contributed by atoms with Crippen LogP contribution in [0.5, 0.6) is 0 Å². The van der Waals surface area contributed by atoms with Crippen LogP contribution in [0.15, 0.2) is 108 Å². The molecule has 176 valence electrons. The summed E-state index contributed by atoms with van der Waals surface area (Å²) in [5.41, 5.74) is 5.94. The predicted octanol–water partition coefficient (Wildman–Crippen LogP) is 7.03. The number of nitriles is 1. The van der Waals surface area contributed by atoms with Crippen molar-refractivity contribution in [3.63, 3.8) is 0 Å². The van der Waals surface area contributed by atoms with E-state index in [2.05, 4.69) is 11.1 Å². The first-order valence-electron chi connectivity index (χ1n) is 11.8. The number of fused-ring (bicyclic) bond motifs is 2. The number of amides is 1. The van der Waals surface area contributed by atoms with Gasteiger partial charge in [-0.05, 0) is 48.0 Å². The van der Waals surface area contributed by atoms with Crippen molar-refractivity contribution in [3.8, 4) is 17.3 Å². The molecule has 1 amide bonds. The van der Waals surface area contributed by atoms with Gasteiger partial charge in [-0.1, -0.05) is 72.3 Å². The summed E-state index contributed by atoms with van der Waals surface area (Å²) in [6.07, 6.45) is 0. The molecule has 0 aliphatic carbocycles. The van der Waals surface area contributed by atoms with Crippen molar-refractivity contribution in [1.29, 1.82) is 5.26 Å². The maximum Gasteiger partial charge on any atom is 0.279 e. The number of benzene rings is 4. The highest BCUT2D eigenvalue weighted by atomic mass is 35.5. The summed E-state index contributed by atoms with van der Waals surface area (Å²) in [4.78, 5) is 25.3. The second-order valence-electron chi connectivity index (χ2n) is 8.69. The zero-order valence-electron chi connectivity index (χ0n) is 19.6. The number of aromatic nitrogens is 1. The summed E-state index contributed by atoms with van der Waals surface area (Å²) in [7, 11) is 0. The Bertz CT molecular complexity index is 1750. The standard InChI is InChI=1S/C31H19ClN4O/c32-27-11-5-3-10-25(27)29-17-26(24-9-4-6-12-28(24)34-29)31(37)35-30-23-8-2-1-7-21(23)19-36(30)22-15-13-20(18-33)14-16-22/h1-17H,19H2. The van der Waals surface area contributed by atoms with Gasteiger partial charge in [-0.15, -0.1) is 0 Å². The molecule has 0 unspecified atom stereocenters. The SMILES string of the molecule is N#Cc1ccc(N2Cc3ccccc3C2=NC(=O)c2cc(-c3ccccc3Cl)nc3ccccc23)cc1. The van der Waals surface area contributed by atoms with E-state index in [1.165, 1.54) is 0 Å². The van der Waals surface area contributed by atoms with Crippen molar-refractivity contribution < 1.29 is 4.79 Å². The van der Waals surface area contributed by atoms with E-state index in [1.54, 1.807) is 24.3 Å². The van der Waals surface area contributed by atoms with E-state index < -0.39 is 0 Å². The molecule has 0 N–H and O–H groups in total. The fourth-order valence-corrected chi connectivity index (χ4v) is 4.87. The third-order valence-electron chi connectivity index (χ3n) is 6.45. The van der Waals surface area contributed by atoms with Crippen LogP contribution in [0.4, 0.5) is 5.69 Å². The fraction of sp³-hybridized carbons (Fsp3) is 0.0323. The number of amidine groups is 1. The van der Waals surface area contributed by atoms with Gasteiger partial charge in [0, 0.05) is 27.2 Å². The van der Waals surface area contributed by atoms with Crippen molar-refractivity contribution >= 4 is 39.9 Å². The third-order valence-corrected chi connectivity index (χ3v) is 6.78. The molecule has 0 saturated heterocycles. The number of aliphatic imine (C=N–C) groups is 1. The van der Waals surface area contributed by atoms with E-state index in [0.717, 1.165) is 27.8 Å². The Morgan fingerprint density at radius 1 is 0.892 bits per heavy atom. The van der Waals surface area contributed by atoms with Crippen LogP contribution in [-0.4, -0.2) is 16.7 Å². The molecule has 0 bridgehead atoms. The Kier molecular flexibility index (Phi) is 5.72. The number of nitrogens with zero attached hydrogens (tertiary/aromatic N) is 4. The van der Waals surface area contributed by atoms with Crippen molar-refractivity contribution in [1.82, 2.24) is 4.98 Å².